The molecule has 0 spiro atoms. The number of hydrogen-bond acceptors (Lipinski definition) is 1. The second-order valence-electron chi connectivity index (χ2n) is 2.76. The summed E-state index contributed by atoms with van der Waals surface area (Å²) in [6, 6.07) is 0. The second-order valence-corrected chi connectivity index (χ2v) is 2.76. The summed E-state index contributed by atoms with van der Waals surface area (Å²) < 4.78 is 0. The summed E-state index contributed by atoms with van der Waals surface area (Å²) >= 11 is 0. The molecule has 0 N–H and O–H groups in total. The monoisotopic (exact) mass is 389 g/mol. The van der Waals surface area contributed by atoms with Gasteiger partial charge < -0.3 is 18.2 Å². The van der Waals surface area contributed by atoms with Gasteiger partial charge in [0.2, 0.25) is 0 Å². The first-order chi connectivity index (χ1) is 3.79. The third-order valence-corrected chi connectivity index (χ3v) is 1.84. The smallest absolute Gasteiger partial charge is 0 e. The molecule has 0 saturated carbocycles. The number of nitrogens with zero attached hydrogens (tertiary/aromatic N) is 1. The summed E-state index contributed by atoms with van der Waals surface area (Å²) in [4.78, 5) is 2.38. The van der Waals surface area contributed by atoms with Gasteiger partial charge in [-0.3, -0.25) is 0 Å². The second kappa shape index (κ2) is 4.80. The molecule has 1 rings (SSSR count). The maximum atomic E-state index is 2.38. The van der Waals surface area contributed by atoms with Crippen LogP contribution in [0.1, 0.15) is 19.8 Å². The summed E-state index contributed by atoms with van der Waals surface area (Å²) in [5.41, 5.74) is 0. The van der Waals surface area contributed by atoms with Crippen LogP contribution in [0.2, 0.25) is 0 Å². The largest absolute Gasteiger partial charge is 0.358 e. The van der Waals surface area contributed by atoms with Crippen molar-refractivity contribution < 1.29 is 0 Å². The zero-order chi connectivity index (χ0) is 5.98. The van der Waals surface area contributed by atoms with Gasteiger partial charge in [-0.2, -0.15) is 19.8 Å². The van der Waals surface area contributed by atoms with Gasteiger partial charge in [0.15, 0.2) is 0 Å². The molecule has 0 amide bonds. The number of piperidine rings is 1. The minimum atomic E-state index is 0. The Morgan fingerprint density at radius 2 is 1.60 bits per heavy atom. The van der Waals surface area contributed by atoms with Crippen molar-refractivity contribution in [3.05, 3.63) is 13.3 Å². The van der Waals surface area contributed by atoms with E-state index in [4.69, 9.17) is 0 Å². The quantitative estimate of drug-likeness (QED) is 0.571. The van der Waals surface area contributed by atoms with Crippen LogP contribution in [0.25, 0.3) is 0 Å². The van der Waals surface area contributed by atoms with E-state index in [2.05, 4.69) is 18.9 Å². The predicted molar refractivity (Wildman–Crippen MR) is 42.1 cm³/mol. The van der Waals surface area contributed by atoms with Crippen LogP contribution in [0.15, 0.2) is 0 Å². The van der Waals surface area contributed by atoms with Crippen LogP contribution in [0.5, 0.6) is 0 Å². The minimum Gasteiger partial charge on any atom is -0.358 e. The molecule has 0 aliphatic carbocycles. The molecule has 1 saturated heterocycles. The molecule has 71 valence electrons. The van der Waals surface area contributed by atoms with Crippen molar-refractivity contribution >= 4 is 0 Å². The Kier molecular flexibility index (Phi) is 5.63. The molecule has 1 fully saturated rings. The SMILES string of the molecule is C[C-]1CCN(C)CC1.[CH3-].[Lr]. The molecule has 1 heterocycles. The average Bonchev–Trinajstić information content (AvgIpc) is 1.77. The Morgan fingerprint density at radius 3 is 1.90 bits per heavy atom. The summed E-state index contributed by atoms with van der Waals surface area (Å²) in [5, 5.41) is 0. The third kappa shape index (κ3) is 3.08. The Morgan fingerprint density at radius 1 is 1.20 bits per heavy atom. The van der Waals surface area contributed by atoms with Gasteiger partial charge in [-0.1, -0.05) is 0 Å². The Hall–Kier alpha value is -1.04. The van der Waals surface area contributed by atoms with Gasteiger partial charge in [-0.25, -0.2) is 0 Å². The van der Waals surface area contributed by atoms with E-state index in [-0.39, 0.29) is 7.43 Å². The van der Waals surface area contributed by atoms with Crippen LogP contribution in [0.4, 0.5) is 0 Å². The van der Waals surface area contributed by atoms with E-state index in [1.807, 2.05) is 0 Å². The van der Waals surface area contributed by atoms with Crippen molar-refractivity contribution in [2.24, 2.45) is 0 Å². The number of likely N-dealkylation sites (tertiary alicyclic amines) is 1. The molecule has 1 radical (unpaired) electrons. The Balaban J connectivity index is 0. The van der Waals surface area contributed by atoms with Crippen molar-refractivity contribution in [1.29, 1.82) is 0 Å². The van der Waals surface area contributed by atoms with Crippen LogP contribution < -0.4 is 0 Å². The fraction of sp³-hybridized carbons (Fsp3) is 0.750. The molecule has 1 nitrogen and oxygen atoms in total. The standard InChI is InChI=1S/C7H14N.CH3.Lr/c1-7-3-5-8(2)6-4-7;;/h3-6H2,1-2H3;1H3;/q2*-1;. The summed E-state index contributed by atoms with van der Waals surface area (Å²) in [6.07, 6.45) is 2.63. The van der Waals surface area contributed by atoms with E-state index < -0.39 is 0 Å². The van der Waals surface area contributed by atoms with Crippen LogP contribution in [0, 0.1) is 13.3 Å². The molecule has 1 aliphatic rings. The molecule has 0 aromatic carbocycles. The Labute approximate surface area is 59.1 Å². The molecule has 0 unspecified atom stereocenters. The fourth-order valence-corrected chi connectivity index (χ4v) is 1.00. The molecular formula is C8H17LrN-2. The van der Waals surface area contributed by atoms with E-state index in [1.54, 1.807) is 5.92 Å². The van der Waals surface area contributed by atoms with E-state index in [1.165, 1.54) is 25.9 Å². The molecule has 0 aromatic rings. The van der Waals surface area contributed by atoms with Gasteiger partial charge in [0.1, 0.15) is 0 Å². The summed E-state index contributed by atoms with van der Waals surface area (Å²) in [5.74, 6) is 1.67. The summed E-state index contributed by atoms with van der Waals surface area (Å²) in [6.45, 7) is 4.80. The molecule has 0 atom stereocenters. The van der Waals surface area contributed by atoms with Gasteiger partial charge >= 0.3 is 0 Å². The predicted octanol–water partition coefficient (Wildman–Crippen LogP) is 1.76. The van der Waals surface area contributed by atoms with Gasteiger partial charge in [-0.15, -0.1) is 0 Å². The van der Waals surface area contributed by atoms with Crippen molar-refractivity contribution in [2.75, 3.05) is 20.1 Å². The van der Waals surface area contributed by atoms with Crippen LogP contribution in [-0.2, 0) is 0 Å². The van der Waals surface area contributed by atoms with E-state index in [0.29, 0.717) is 0 Å². The number of hydrogen-bond donors (Lipinski definition) is 0. The van der Waals surface area contributed by atoms with E-state index in [9.17, 15) is 0 Å². The van der Waals surface area contributed by atoms with Crippen LogP contribution in [-0.4, -0.2) is 25.0 Å². The van der Waals surface area contributed by atoms with E-state index in [0.717, 1.165) is 0 Å². The molecular weight excluding hydrogens is 372 g/mol. The van der Waals surface area contributed by atoms with Gasteiger partial charge in [0, 0.05) is 0 Å². The normalized spacial score (nSPS) is 21.0. The Bertz CT molecular complexity index is 57.7. The molecule has 1 aliphatic heterocycles. The zero-order valence-corrected chi connectivity index (χ0v) is 9.18. The first-order valence-electron chi connectivity index (χ1n) is 3.29. The van der Waals surface area contributed by atoms with Crippen molar-refractivity contribution in [3.8, 4) is 0 Å². The topological polar surface area (TPSA) is 3.24 Å². The van der Waals surface area contributed by atoms with Crippen molar-refractivity contribution in [3.63, 3.8) is 0 Å². The third-order valence-electron chi connectivity index (χ3n) is 1.84. The maximum Gasteiger partial charge on any atom is 0 e. The zero-order valence-electron chi connectivity index (χ0n) is 7.03. The molecule has 2 heteroatoms. The molecule has 0 aromatic heterocycles. The maximum absolute atomic E-state index is 2.38. The first-order valence-corrected chi connectivity index (χ1v) is 3.29. The fourth-order valence-electron chi connectivity index (χ4n) is 1.00. The minimum absolute atomic E-state index is 0. The van der Waals surface area contributed by atoms with E-state index >= 15 is 0 Å². The average molecular weight is 389 g/mol. The number of rotatable bonds is 0. The van der Waals surface area contributed by atoms with Crippen LogP contribution in [0.3, 0.4) is 0 Å². The van der Waals surface area contributed by atoms with Gasteiger partial charge in [0.05, 0.1) is 0 Å². The van der Waals surface area contributed by atoms with Gasteiger partial charge in [-0.05, 0) is 20.1 Å². The summed E-state index contributed by atoms with van der Waals surface area (Å²) in [7, 11) is 2.19. The first kappa shape index (κ1) is 11.7. The van der Waals surface area contributed by atoms with Crippen molar-refractivity contribution in [2.45, 2.75) is 19.8 Å². The molecule has 0 bridgehead atoms. The van der Waals surface area contributed by atoms with Crippen molar-refractivity contribution in [1.82, 2.24) is 4.90 Å². The van der Waals surface area contributed by atoms with Gasteiger partial charge in [0.25, 0.3) is 0 Å². The molecule has 10 heavy (non-hydrogen) atoms. The van der Waals surface area contributed by atoms with Crippen LogP contribution >= 0.6 is 0 Å².